The molecule has 4 heteroatoms. The summed E-state index contributed by atoms with van der Waals surface area (Å²) in [5.41, 5.74) is -0.262. The summed E-state index contributed by atoms with van der Waals surface area (Å²) in [5.74, 6) is 0.369. The third-order valence-corrected chi connectivity index (χ3v) is 3.14. The van der Waals surface area contributed by atoms with Gasteiger partial charge in [0.15, 0.2) is 0 Å². The first kappa shape index (κ1) is 14.9. The van der Waals surface area contributed by atoms with Crippen LogP contribution in [-0.4, -0.2) is 29.5 Å². The predicted molar refractivity (Wildman–Crippen MR) is 66.3 cm³/mol. The number of carbonyl (C=O) groups excluding carboxylic acids is 1. The third-order valence-electron chi connectivity index (χ3n) is 2.12. The van der Waals surface area contributed by atoms with E-state index in [1.807, 2.05) is 27.7 Å². The number of nitrogens with one attached hydrogen (secondary N) is 1. The van der Waals surface area contributed by atoms with E-state index < -0.39 is 0 Å². The first-order valence-electron chi connectivity index (χ1n) is 5.25. The highest BCUT2D eigenvalue weighted by molar-refractivity contribution is 9.09. The van der Waals surface area contributed by atoms with E-state index in [0.717, 1.165) is 5.33 Å². The molecule has 15 heavy (non-hydrogen) atoms. The van der Waals surface area contributed by atoms with Crippen molar-refractivity contribution in [2.24, 2.45) is 5.92 Å². The summed E-state index contributed by atoms with van der Waals surface area (Å²) in [6, 6.07) is 0.167. The Bertz CT molecular complexity index is 201. The van der Waals surface area contributed by atoms with Crippen molar-refractivity contribution in [3.8, 4) is 0 Å². The lowest BCUT2D eigenvalue weighted by Crippen LogP contribution is -2.41. The van der Waals surface area contributed by atoms with E-state index in [1.165, 1.54) is 0 Å². The molecule has 1 N–H and O–H groups in total. The quantitative estimate of drug-likeness (QED) is 0.785. The first-order valence-corrected chi connectivity index (χ1v) is 6.37. The minimum Gasteiger partial charge on any atom is -0.366 e. The minimum absolute atomic E-state index is 0.0507. The lowest BCUT2D eigenvalue weighted by molar-refractivity contribution is -0.131. The molecule has 0 aromatic carbocycles. The Morgan fingerprint density at radius 1 is 1.40 bits per heavy atom. The van der Waals surface area contributed by atoms with E-state index in [4.69, 9.17) is 4.74 Å². The number of carbonyl (C=O) groups is 1. The van der Waals surface area contributed by atoms with Crippen molar-refractivity contribution in [1.82, 2.24) is 5.32 Å². The van der Waals surface area contributed by atoms with Gasteiger partial charge in [0.25, 0.3) is 0 Å². The van der Waals surface area contributed by atoms with Crippen molar-refractivity contribution in [3.05, 3.63) is 0 Å². The number of hydrogen-bond acceptors (Lipinski definition) is 2. The van der Waals surface area contributed by atoms with Crippen molar-refractivity contribution in [2.75, 3.05) is 11.9 Å². The van der Waals surface area contributed by atoms with E-state index >= 15 is 0 Å². The van der Waals surface area contributed by atoms with Crippen LogP contribution in [0.25, 0.3) is 0 Å². The zero-order valence-electron chi connectivity index (χ0n) is 10.3. The zero-order chi connectivity index (χ0) is 12.1. The molecule has 3 nitrogen and oxygen atoms in total. The third kappa shape index (κ3) is 7.79. The molecule has 0 aromatic rings. The molecule has 2 unspecified atom stereocenters. The molecule has 0 aliphatic heterocycles. The maximum atomic E-state index is 11.5. The Kier molecular flexibility index (Phi) is 6.44. The van der Waals surface area contributed by atoms with Gasteiger partial charge in [0.2, 0.25) is 5.91 Å². The van der Waals surface area contributed by atoms with Gasteiger partial charge in [-0.2, -0.15) is 0 Å². The van der Waals surface area contributed by atoms with Crippen molar-refractivity contribution >= 4 is 21.8 Å². The molecule has 0 bridgehead atoms. The van der Waals surface area contributed by atoms with Crippen LogP contribution in [0.4, 0.5) is 0 Å². The van der Waals surface area contributed by atoms with Crippen LogP contribution in [0.5, 0.6) is 0 Å². The smallest absolute Gasteiger partial charge is 0.246 e. The summed E-state index contributed by atoms with van der Waals surface area (Å²) in [5, 5.41) is 3.79. The van der Waals surface area contributed by atoms with Gasteiger partial charge in [-0.25, -0.2) is 0 Å². The fraction of sp³-hybridized carbons (Fsp3) is 0.909. The Morgan fingerprint density at radius 3 is 2.33 bits per heavy atom. The fourth-order valence-electron chi connectivity index (χ4n) is 0.854. The lowest BCUT2D eigenvalue weighted by atomic mass is 10.1. The molecule has 0 saturated carbocycles. The van der Waals surface area contributed by atoms with Gasteiger partial charge in [0, 0.05) is 11.4 Å². The fourth-order valence-corrected chi connectivity index (χ4v) is 1.41. The van der Waals surface area contributed by atoms with Crippen molar-refractivity contribution < 1.29 is 9.53 Å². The van der Waals surface area contributed by atoms with Gasteiger partial charge in [-0.1, -0.05) is 22.9 Å². The molecular formula is C11H22BrNO2. The molecule has 2 atom stereocenters. The average molecular weight is 280 g/mol. The van der Waals surface area contributed by atoms with Gasteiger partial charge in [-0.15, -0.1) is 0 Å². The van der Waals surface area contributed by atoms with Crippen LogP contribution in [0.2, 0.25) is 0 Å². The van der Waals surface area contributed by atoms with Gasteiger partial charge in [0.1, 0.15) is 6.61 Å². The highest BCUT2D eigenvalue weighted by Crippen LogP contribution is 2.07. The average Bonchev–Trinajstić information content (AvgIpc) is 2.12. The molecule has 0 heterocycles. The number of alkyl halides is 1. The summed E-state index contributed by atoms with van der Waals surface area (Å²) < 4.78 is 5.38. The van der Waals surface area contributed by atoms with E-state index in [0.29, 0.717) is 5.92 Å². The molecule has 1 amide bonds. The molecule has 0 saturated heterocycles. The molecule has 0 spiro atoms. The number of halogens is 1. The van der Waals surface area contributed by atoms with E-state index in [2.05, 4.69) is 28.2 Å². The number of rotatable bonds is 5. The topological polar surface area (TPSA) is 38.3 Å². The van der Waals surface area contributed by atoms with Gasteiger partial charge in [-0.3, -0.25) is 4.79 Å². The minimum atomic E-state index is -0.262. The van der Waals surface area contributed by atoms with Crippen LogP contribution in [-0.2, 0) is 9.53 Å². The molecule has 0 aromatic heterocycles. The number of amides is 1. The predicted octanol–water partition coefficient (Wildman–Crippen LogP) is 2.34. The second kappa shape index (κ2) is 6.48. The van der Waals surface area contributed by atoms with Crippen LogP contribution in [0.15, 0.2) is 0 Å². The summed E-state index contributed by atoms with van der Waals surface area (Å²) in [4.78, 5) is 11.5. The zero-order valence-corrected chi connectivity index (χ0v) is 11.8. The summed E-state index contributed by atoms with van der Waals surface area (Å²) >= 11 is 3.39. The Balaban J connectivity index is 3.84. The second-order valence-electron chi connectivity index (χ2n) is 4.89. The number of hydrogen-bond donors (Lipinski definition) is 1. The SMILES string of the molecule is CC(CBr)C(C)NC(=O)COC(C)(C)C. The molecule has 0 fully saturated rings. The van der Waals surface area contributed by atoms with Crippen LogP contribution in [0, 0.1) is 5.92 Å². The highest BCUT2D eigenvalue weighted by atomic mass is 79.9. The monoisotopic (exact) mass is 279 g/mol. The van der Waals surface area contributed by atoms with Gasteiger partial charge < -0.3 is 10.1 Å². The maximum Gasteiger partial charge on any atom is 0.246 e. The van der Waals surface area contributed by atoms with Gasteiger partial charge in [-0.05, 0) is 33.6 Å². The molecule has 0 radical (unpaired) electrons. The lowest BCUT2D eigenvalue weighted by Gasteiger charge is -2.22. The van der Waals surface area contributed by atoms with Crippen molar-refractivity contribution in [3.63, 3.8) is 0 Å². The molecule has 0 aliphatic rings. The first-order chi connectivity index (χ1) is 6.76. The summed E-state index contributed by atoms with van der Waals surface area (Å²) in [6.07, 6.45) is 0. The standard InChI is InChI=1S/C11H22BrNO2/c1-8(6-12)9(2)13-10(14)7-15-11(3,4)5/h8-9H,6-7H2,1-5H3,(H,13,14). The van der Waals surface area contributed by atoms with E-state index in [-0.39, 0.29) is 24.2 Å². The van der Waals surface area contributed by atoms with Crippen LogP contribution in [0.1, 0.15) is 34.6 Å². The van der Waals surface area contributed by atoms with Gasteiger partial charge >= 0.3 is 0 Å². The highest BCUT2D eigenvalue weighted by Gasteiger charge is 2.16. The molecule has 0 aliphatic carbocycles. The van der Waals surface area contributed by atoms with Gasteiger partial charge in [0.05, 0.1) is 5.60 Å². The largest absolute Gasteiger partial charge is 0.366 e. The van der Waals surface area contributed by atoms with Crippen LogP contribution < -0.4 is 5.32 Å². The Morgan fingerprint density at radius 2 is 1.93 bits per heavy atom. The normalized spacial score (nSPS) is 15.9. The van der Waals surface area contributed by atoms with E-state index in [9.17, 15) is 4.79 Å². The second-order valence-corrected chi connectivity index (χ2v) is 5.54. The van der Waals surface area contributed by atoms with Crippen LogP contribution in [0.3, 0.4) is 0 Å². The Labute approximate surface area is 101 Å². The Hall–Kier alpha value is -0.0900. The summed E-state index contributed by atoms with van der Waals surface area (Å²) in [6.45, 7) is 10.0. The molecule has 90 valence electrons. The van der Waals surface area contributed by atoms with Crippen LogP contribution >= 0.6 is 15.9 Å². The number of ether oxygens (including phenoxy) is 1. The van der Waals surface area contributed by atoms with Crippen molar-refractivity contribution in [1.29, 1.82) is 0 Å². The van der Waals surface area contributed by atoms with E-state index in [1.54, 1.807) is 0 Å². The molecule has 0 rings (SSSR count). The molecular weight excluding hydrogens is 258 g/mol. The summed E-state index contributed by atoms with van der Waals surface area (Å²) in [7, 11) is 0. The maximum absolute atomic E-state index is 11.5. The van der Waals surface area contributed by atoms with Crippen molar-refractivity contribution in [2.45, 2.75) is 46.3 Å².